The van der Waals surface area contributed by atoms with Crippen molar-refractivity contribution in [1.82, 2.24) is 14.9 Å². The molecule has 1 aromatic carbocycles. The molecule has 26 heavy (non-hydrogen) atoms. The number of rotatable bonds is 5. The van der Waals surface area contributed by atoms with Gasteiger partial charge >= 0.3 is 0 Å². The Kier molecular flexibility index (Phi) is 4.93. The van der Waals surface area contributed by atoms with E-state index < -0.39 is 0 Å². The molecule has 1 aliphatic heterocycles. The molecule has 4 rings (SSSR count). The van der Waals surface area contributed by atoms with Gasteiger partial charge < -0.3 is 4.74 Å². The zero-order valence-electron chi connectivity index (χ0n) is 15.0. The zero-order valence-corrected chi connectivity index (χ0v) is 15.0. The summed E-state index contributed by atoms with van der Waals surface area (Å²) in [5, 5.41) is 0. The molecule has 1 unspecified atom stereocenters. The molecule has 2 aromatic heterocycles. The number of nitrogens with zero attached hydrogens (tertiary/aromatic N) is 3. The summed E-state index contributed by atoms with van der Waals surface area (Å²) < 4.78 is 5.26. The van der Waals surface area contributed by atoms with Crippen LogP contribution in [0, 0.1) is 0 Å². The monoisotopic (exact) mass is 345 g/mol. The molecule has 4 nitrogen and oxygen atoms in total. The second-order valence-corrected chi connectivity index (χ2v) is 6.82. The van der Waals surface area contributed by atoms with Crippen molar-refractivity contribution in [2.45, 2.75) is 18.9 Å². The Morgan fingerprint density at radius 1 is 1.04 bits per heavy atom. The van der Waals surface area contributed by atoms with Gasteiger partial charge in [0.2, 0.25) is 0 Å². The van der Waals surface area contributed by atoms with E-state index in [1.165, 1.54) is 17.5 Å². The van der Waals surface area contributed by atoms with E-state index in [-0.39, 0.29) is 0 Å². The molecule has 1 saturated heterocycles. The lowest BCUT2D eigenvalue weighted by Gasteiger charge is -2.17. The molecule has 3 heterocycles. The van der Waals surface area contributed by atoms with Gasteiger partial charge in [0, 0.05) is 49.0 Å². The molecule has 1 atom stereocenters. The zero-order chi connectivity index (χ0) is 17.8. The smallest absolute Gasteiger partial charge is 0.118 e. The van der Waals surface area contributed by atoms with Crippen LogP contribution >= 0.6 is 0 Å². The van der Waals surface area contributed by atoms with Crippen LogP contribution < -0.4 is 4.74 Å². The number of aromatic nitrogens is 2. The fourth-order valence-electron chi connectivity index (χ4n) is 3.65. The van der Waals surface area contributed by atoms with Gasteiger partial charge in [0.15, 0.2) is 0 Å². The predicted molar refractivity (Wildman–Crippen MR) is 103 cm³/mol. The predicted octanol–water partition coefficient (Wildman–Crippen LogP) is 4.14. The van der Waals surface area contributed by atoms with E-state index >= 15 is 0 Å². The highest BCUT2D eigenvalue weighted by atomic mass is 16.5. The summed E-state index contributed by atoms with van der Waals surface area (Å²) in [5.74, 6) is 1.51. The Labute approximate surface area is 154 Å². The van der Waals surface area contributed by atoms with Crippen LogP contribution in [0.3, 0.4) is 0 Å². The van der Waals surface area contributed by atoms with Crippen molar-refractivity contribution < 1.29 is 4.74 Å². The highest BCUT2D eigenvalue weighted by molar-refractivity contribution is 5.61. The molecule has 0 bridgehead atoms. The van der Waals surface area contributed by atoms with Crippen LogP contribution in [0.1, 0.15) is 23.5 Å². The van der Waals surface area contributed by atoms with Gasteiger partial charge in [0.25, 0.3) is 0 Å². The number of benzene rings is 1. The number of hydrogen-bond donors (Lipinski definition) is 0. The standard InChI is InChI=1S/C22H23N3O/c1-26-22-6-4-18(5-7-22)20-8-10-25(16-20)15-17-11-21(14-24-12-17)19-3-2-9-23-13-19/h2-7,9,11-14,20H,8,10,15-16H2,1H3. The van der Waals surface area contributed by atoms with Gasteiger partial charge in [-0.25, -0.2) is 0 Å². The van der Waals surface area contributed by atoms with Crippen molar-refractivity contribution in [2.75, 3.05) is 20.2 Å². The molecule has 0 amide bonds. The molecule has 0 aliphatic carbocycles. The van der Waals surface area contributed by atoms with Crippen LogP contribution in [0.15, 0.2) is 67.3 Å². The maximum atomic E-state index is 5.26. The number of pyridine rings is 2. The third-order valence-corrected chi connectivity index (χ3v) is 5.06. The fourth-order valence-corrected chi connectivity index (χ4v) is 3.65. The van der Waals surface area contributed by atoms with Crippen molar-refractivity contribution >= 4 is 0 Å². The largest absolute Gasteiger partial charge is 0.497 e. The first-order valence-corrected chi connectivity index (χ1v) is 9.02. The Morgan fingerprint density at radius 2 is 1.88 bits per heavy atom. The molecule has 1 fully saturated rings. The van der Waals surface area contributed by atoms with E-state index in [0.717, 1.165) is 36.5 Å². The van der Waals surface area contributed by atoms with E-state index in [2.05, 4.69) is 51.3 Å². The van der Waals surface area contributed by atoms with Gasteiger partial charge in [-0.2, -0.15) is 0 Å². The topological polar surface area (TPSA) is 38.2 Å². The average Bonchev–Trinajstić information content (AvgIpc) is 3.17. The summed E-state index contributed by atoms with van der Waals surface area (Å²) in [6, 6.07) is 14.8. The Balaban J connectivity index is 1.42. The molecular formula is C22H23N3O. The fraction of sp³-hybridized carbons (Fsp3) is 0.273. The lowest BCUT2D eigenvalue weighted by atomic mass is 9.98. The van der Waals surface area contributed by atoms with Crippen LogP contribution in [0.5, 0.6) is 5.75 Å². The Bertz CT molecular complexity index is 849. The number of hydrogen-bond acceptors (Lipinski definition) is 4. The van der Waals surface area contributed by atoms with E-state index in [1.807, 2.05) is 24.7 Å². The summed E-state index contributed by atoms with van der Waals surface area (Å²) in [6.07, 6.45) is 8.76. The third-order valence-electron chi connectivity index (χ3n) is 5.06. The van der Waals surface area contributed by atoms with Crippen molar-refractivity contribution in [3.8, 4) is 16.9 Å². The summed E-state index contributed by atoms with van der Waals surface area (Å²) in [7, 11) is 1.71. The van der Waals surface area contributed by atoms with Crippen LogP contribution in [0.25, 0.3) is 11.1 Å². The molecule has 0 spiro atoms. The normalized spacial score (nSPS) is 17.3. The average molecular weight is 345 g/mol. The highest BCUT2D eigenvalue weighted by Crippen LogP contribution is 2.29. The third kappa shape index (κ3) is 3.75. The van der Waals surface area contributed by atoms with Crippen LogP contribution in [0.2, 0.25) is 0 Å². The maximum absolute atomic E-state index is 5.26. The van der Waals surface area contributed by atoms with E-state index in [0.29, 0.717) is 5.92 Å². The minimum atomic E-state index is 0.593. The van der Waals surface area contributed by atoms with Gasteiger partial charge in [-0.3, -0.25) is 14.9 Å². The van der Waals surface area contributed by atoms with Crippen molar-refractivity contribution in [1.29, 1.82) is 0 Å². The van der Waals surface area contributed by atoms with E-state index in [4.69, 9.17) is 4.74 Å². The lowest BCUT2D eigenvalue weighted by Crippen LogP contribution is -2.19. The summed E-state index contributed by atoms with van der Waals surface area (Å²) in [5.41, 5.74) is 4.89. The molecule has 132 valence electrons. The van der Waals surface area contributed by atoms with Gasteiger partial charge in [-0.15, -0.1) is 0 Å². The Hall–Kier alpha value is -2.72. The van der Waals surface area contributed by atoms with Gasteiger partial charge in [-0.05, 0) is 54.3 Å². The first-order valence-electron chi connectivity index (χ1n) is 9.02. The van der Waals surface area contributed by atoms with Crippen molar-refractivity contribution in [3.63, 3.8) is 0 Å². The lowest BCUT2D eigenvalue weighted by molar-refractivity contribution is 0.326. The minimum Gasteiger partial charge on any atom is -0.497 e. The van der Waals surface area contributed by atoms with E-state index in [9.17, 15) is 0 Å². The molecule has 1 aliphatic rings. The van der Waals surface area contributed by atoms with Crippen molar-refractivity contribution in [3.05, 3.63) is 78.4 Å². The van der Waals surface area contributed by atoms with Crippen LogP contribution in [-0.4, -0.2) is 35.1 Å². The van der Waals surface area contributed by atoms with Gasteiger partial charge in [0.05, 0.1) is 7.11 Å². The van der Waals surface area contributed by atoms with Crippen LogP contribution in [0.4, 0.5) is 0 Å². The maximum Gasteiger partial charge on any atom is 0.118 e. The van der Waals surface area contributed by atoms with Crippen LogP contribution in [-0.2, 0) is 6.54 Å². The quantitative estimate of drug-likeness (QED) is 0.696. The second kappa shape index (κ2) is 7.67. The molecule has 0 saturated carbocycles. The molecule has 0 N–H and O–H groups in total. The number of methoxy groups -OCH3 is 1. The van der Waals surface area contributed by atoms with E-state index in [1.54, 1.807) is 13.3 Å². The summed E-state index contributed by atoms with van der Waals surface area (Å²) in [4.78, 5) is 11.1. The highest BCUT2D eigenvalue weighted by Gasteiger charge is 2.24. The Morgan fingerprint density at radius 3 is 2.65 bits per heavy atom. The molecular weight excluding hydrogens is 322 g/mol. The first kappa shape index (κ1) is 16.7. The van der Waals surface area contributed by atoms with Crippen molar-refractivity contribution in [2.24, 2.45) is 0 Å². The SMILES string of the molecule is COc1ccc(C2CCN(Cc3cncc(-c4cccnc4)c3)C2)cc1. The summed E-state index contributed by atoms with van der Waals surface area (Å²) in [6.45, 7) is 3.14. The first-order chi connectivity index (χ1) is 12.8. The minimum absolute atomic E-state index is 0.593. The summed E-state index contributed by atoms with van der Waals surface area (Å²) >= 11 is 0. The van der Waals surface area contributed by atoms with Gasteiger partial charge in [0.1, 0.15) is 5.75 Å². The van der Waals surface area contributed by atoms with Gasteiger partial charge in [-0.1, -0.05) is 18.2 Å². The second-order valence-electron chi connectivity index (χ2n) is 6.82. The molecule has 3 aromatic rings. The molecule has 0 radical (unpaired) electrons. The number of ether oxygens (including phenoxy) is 1. The number of likely N-dealkylation sites (tertiary alicyclic amines) is 1. The molecule has 4 heteroatoms.